The van der Waals surface area contributed by atoms with Gasteiger partial charge in [0.25, 0.3) is 0 Å². The summed E-state index contributed by atoms with van der Waals surface area (Å²) in [6.45, 7) is 12.5. The van der Waals surface area contributed by atoms with Crippen LogP contribution in [-0.2, 0) is 5.63 Å². The molecule has 0 radical (unpaired) electrons. The molecule has 5 heteroatoms. The molecule has 0 aliphatic rings. The minimum atomic E-state index is -4.72. The summed E-state index contributed by atoms with van der Waals surface area (Å²) >= 11 is -9.44. The topological polar surface area (TPSA) is 35.5 Å². The Bertz CT molecular complexity index is 1630. The van der Waals surface area contributed by atoms with Crippen molar-refractivity contribution in [2.45, 2.75) is 41.5 Å². The van der Waals surface area contributed by atoms with Crippen LogP contribution in [0.5, 0.6) is 0 Å². The molecule has 0 bridgehead atoms. The van der Waals surface area contributed by atoms with E-state index in [2.05, 4.69) is 187 Å². The molecular formula is C43H44Bi2O3. The maximum atomic E-state index is 15.0. The SMILES string of the molecule is Cc1cc[c]([BiH]([O]C(=O)[O][BiH]([c]2ccc(C)cc2)([c]2ccc(C)cc2)[c]2ccc(C)cc2)([c]2ccc(C)cc2)[c]2ccc(C)cc2)cc1. The summed E-state index contributed by atoms with van der Waals surface area (Å²) in [6.07, 6.45) is -0.596. The molecule has 6 rings (SSSR count). The van der Waals surface area contributed by atoms with E-state index in [-0.39, 0.29) is 0 Å². The first kappa shape index (κ1) is 34.2. The van der Waals surface area contributed by atoms with E-state index in [4.69, 9.17) is 5.63 Å². The van der Waals surface area contributed by atoms with E-state index in [0.29, 0.717) is 0 Å². The van der Waals surface area contributed by atoms with Gasteiger partial charge in [0.1, 0.15) is 0 Å². The Morgan fingerprint density at radius 1 is 0.312 bits per heavy atom. The fourth-order valence-corrected chi connectivity index (χ4v) is 35.2. The molecule has 0 N–H and O–H groups in total. The van der Waals surface area contributed by atoms with Gasteiger partial charge < -0.3 is 0 Å². The predicted molar refractivity (Wildman–Crippen MR) is 207 cm³/mol. The summed E-state index contributed by atoms with van der Waals surface area (Å²) in [5.74, 6) is 0. The molecule has 0 saturated heterocycles. The van der Waals surface area contributed by atoms with Crippen molar-refractivity contribution in [3.05, 3.63) is 179 Å². The zero-order valence-corrected chi connectivity index (χ0v) is 36.4. The third-order valence-corrected chi connectivity index (χ3v) is 39.6. The van der Waals surface area contributed by atoms with Gasteiger partial charge in [-0.3, -0.25) is 0 Å². The summed E-state index contributed by atoms with van der Waals surface area (Å²) in [6, 6.07) is 51.3. The van der Waals surface area contributed by atoms with Gasteiger partial charge in [0, 0.05) is 0 Å². The van der Waals surface area contributed by atoms with E-state index < -0.39 is 47.6 Å². The van der Waals surface area contributed by atoms with Gasteiger partial charge in [-0.05, 0) is 0 Å². The van der Waals surface area contributed by atoms with E-state index in [0.717, 1.165) is 53.0 Å². The molecule has 0 atom stereocenters. The number of hydrogen-bond acceptors (Lipinski definition) is 3. The van der Waals surface area contributed by atoms with Gasteiger partial charge in [-0.1, -0.05) is 0 Å². The van der Waals surface area contributed by atoms with Crippen molar-refractivity contribution in [2.75, 3.05) is 0 Å². The van der Waals surface area contributed by atoms with Crippen LogP contribution in [-0.4, -0.2) is 47.6 Å². The molecule has 244 valence electrons. The van der Waals surface area contributed by atoms with E-state index in [1.807, 2.05) is 0 Å². The van der Waals surface area contributed by atoms with E-state index in [9.17, 15) is 4.79 Å². The third kappa shape index (κ3) is 6.91. The fourth-order valence-electron chi connectivity index (χ4n) is 6.35. The number of carbonyl (C=O) groups is 1. The Labute approximate surface area is 295 Å². The molecule has 0 fully saturated rings. The molecular weight excluding hydrogens is 982 g/mol. The van der Waals surface area contributed by atoms with Gasteiger partial charge in [0.2, 0.25) is 0 Å². The van der Waals surface area contributed by atoms with Crippen molar-refractivity contribution < 1.29 is 10.4 Å². The number of aryl methyl sites for hydroxylation is 6. The summed E-state index contributed by atoms with van der Waals surface area (Å²) < 4.78 is 20.7. The normalized spacial score (nSPS) is 12.3. The zero-order chi connectivity index (χ0) is 33.9. The molecule has 6 aromatic rings. The molecule has 0 saturated carbocycles. The summed E-state index contributed by atoms with van der Waals surface area (Å²) in [5, 5.41) is 0. The van der Waals surface area contributed by atoms with Crippen molar-refractivity contribution in [2.24, 2.45) is 0 Å². The summed E-state index contributed by atoms with van der Waals surface area (Å²) in [5.41, 5.74) is 6.95. The monoisotopic (exact) mass is 1030 g/mol. The number of rotatable bonds is 8. The van der Waals surface area contributed by atoms with Gasteiger partial charge >= 0.3 is 298 Å². The molecule has 0 unspecified atom stereocenters. The molecule has 0 aromatic heterocycles. The van der Waals surface area contributed by atoms with Crippen LogP contribution in [0.15, 0.2) is 146 Å². The quantitative estimate of drug-likeness (QED) is 0.182. The van der Waals surface area contributed by atoms with Crippen LogP contribution in [0.1, 0.15) is 33.4 Å². The van der Waals surface area contributed by atoms with E-state index in [1.165, 1.54) is 0 Å². The van der Waals surface area contributed by atoms with Gasteiger partial charge in [-0.25, -0.2) is 0 Å². The molecule has 48 heavy (non-hydrogen) atoms. The number of carbonyl (C=O) groups excluding carboxylic acids is 1. The Morgan fingerprint density at radius 3 is 0.604 bits per heavy atom. The maximum absolute atomic E-state index is 15.0. The van der Waals surface area contributed by atoms with Crippen molar-refractivity contribution in [3.8, 4) is 0 Å². The molecule has 0 amide bonds. The van der Waals surface area contributed by atoms with Gasteiger partial charge in [0.05, 0.1) is 0 Å². The first-order valence-corrected chi connectivity index (χ1v) is 31.3. The van der Waals surface area contributed by atoms with Gasteiger partial charge in [-0.2, -0.15) is 0 Å². The standard InChI is InChI=1S/6C7H7.CH2O3.2Bi.2H/c6*1-7-5-3-2-4-6-7;2-1(3)4;;;;/h6*3-6H,1H3;(H2,2,3,4);;;;/q;;;;;;;2*+1;;/p-2. The average Bonchev–Trinajstić information content (AvgIpc) is 3.09. The first-order chi connectivity index (χ1) is 23.1. The van der Waals surface area contributed by atoms with Crippen molar-refractivity contribution in [3.63, 3.8) is 0 Å². The van der Waals surface area contributed by atoms with Crippen LogP contribution < -0.4 is 19.6 Å². The van der Waals surface area contributed by atoms with Crippen molar-refractivity contribution in [1.29, 1.82) is 0 Å². The van der Waals surface area contributed by atoms with Gasteiger partial charge in [-0.15, -0.1) is 0 Å². The second kappa shape index (κ2) is 14.5. The molecule has 0 heterocycles. The van der Waals surface area contributed by atoms with E-state index >= 15 is 0 Å². The fraction of sp³-hybridized carbons (Fsp3) is 0.140. The van der Waals surface area contributed by atoms with Crippen LogP contribution >= 0.6 is 0 Å². The average molecular weight is 1030 g/mol. The van der Waals surface area contributed by atoms with Crippen molar-refractivity contribution >= 4 is 67.2 Å². The second-order valence-corrected chi connectivity index (χ2v) is 38.7. The third-order valence-electron chi connectivity index (χ3n) is 9.22. The second-order valence-electron chi connectivity index (χ2n) is 13.0. The van der Waals surface area contributed by atoms with Crippen LogP contribution in [0.25, 0.3) is 0 Å². The predicted octanol–water partition coefficient (Wildman–Crippen LogP) is 5.79. The van der Waals surface area contributed by atoms with E-state index in [1.54, 1.807) is 0 Å². The Hall–Kier alpha value is -3.64. The van der Waals surface area contributed by atoms with Gasteiger partial charge in [0.15, 0.2) is 0 Å². The van der Waals surface area contributed by atoms with Crippen LogP contribution in [0.2, 0.25) is 0 Å². The zero-order valence-electron chi connectivity index (χ0n) is 28.6. The van der Waals surface area contributed by atoms with Crippen molar-refractivity contribution in [1.82, 2.24) is 0 Å². The number of benzene rings is 6. The minimum absolute atomic E-state index is 0.596. The number of hydrogen-bond donors (Lipinski definition) is 0. The molecule has 0 aliphatic heterocycles. The first-order valence-electron chi connectivity index (χ1n) is 16.4. The summed E-state index contributed by atoms with van der Waals surface area (Å²) in [7, 11) is 0. The Balaban J connectivity index is 1.59. The van der Waals surface area contributed by atoms with Crippen LogP contribution in [0.3, 0.4) is 0 Å². The summed E-state index contributed by atoms with van der Waals surface area (Å²) in [4.78, 5) is 15.0. The Kier molecular flexibility index (Phi) is 10.3. The molecule has 0 aliphatic carbocycles. The van der Waals surface area contributed by atoms with Crippen LogP contribution in [0, 0.1) is 41.5 Å². The molecule has 6 aromatic carbocycles. The molecule has 0 spiro atoms. The van der Waals surface area contributed by atoms with Crippen LogP contribution in [0.4, 0.5) is 4.79 Å². The molecule has 3 nitrogen and oxygen atoms in total. The Morgan fingerprint density at radius 2 is 0.458 bits per heavy atom.